The van der Waals surface area contributed by atoms with Gasteiger partial charge < -0.3 is 9.15 Å². The molecule has 0 saturated carbocycles. The van der Waals surface area contributed by atoms with Crippen molar-refractivity contribution in [1.82, 2.24) is 5.48 Å². The number of carbonyl (C=O) groups is 1. The summed E-state index contributed by atoms with van der Waals surface area (Å²) in [6.07, 6.45) is 0. The van der Waals surface area contributed by atoms with E-state index in [1.807, 2.05) is 30.3 Å². The highest BCUT2D eigenvalue weighted by atomic mass is 16.5. The molecule has 5 heteroatoms. The van der Waals surface area contributed by atoms with Crippen LogP contribution in [0, 0.1) is 0 Å². The van der Waals surface area contributed by atoms with Crippen molar-refractivity contribution < 1.29 is 19.2 Å². The van der Waals surface area contributed by atoms with E-state index >= 15 is 0 Å². The molecule has 0 saturated heterocycles. The maximum Gasteiger partial charge on any atom is 0.274 e. The van der Waals surface area contributed by atoms with Crippen molar-refractivity contribution in [2.45, 2.75) is 0 Å². The van der Waals surface area contributed by atoms with Crippen LogP contribution in [0.1, 0.15) is 10.4 Å². The van der Waals surface area contributed by atoms with Gasteiger partial charge in [-0.15, -0.1) is 0 Å². The normalized spacial score (nSPS) is 10.6. The Labute approximate surface area is 120 Å². The lowest BCUT2D eigenvalue weighted by molar-refractivity contribution is 0.0706. The Bertz CT molecular complexity index is 807. The number of benzene rings is 2. The predicted molar refractivity (Wildman–Crippen MR) is 77.5 cm³/mol. The second-order valence-corrected chi connectivity index (χ2v) is 4.54. The smallest absolute Gasteiger partial charge is 0.274 e. The molecule has 2 aromatic carbocycles. The predicted octanol–water partition coefficient (Wildman–Crippen LogP) is 3.23. The van der Waals surface area contributed by atoms with Gasteiger partial charge in [0.2, 0.25) is 0 Å². The van der Waals surface area contributed by atoms with Gasteiger partial charge in [0.1, 0.15) is 17.1 Å². The molecule has 21 heavy (non-hydrogen) atoms. The standard InChI is InChI=1S/C16H13NO4/c1-20-13-4-2-3-10(7-13)14-8-11-5-6-12(16(18)17-19)9-15(11)21-14/h2-9,19H,1H3,(H,17,18). The molecular formula is C16H13NO4. The molecule has 1 aromatic heterocycles. The highest BCUT2D eigenvalue weighted by Crippen LogP contribution is 2.30. The zero-order valence-electron chi connectivity index (χ0n) is 11.3. The summed E-state index contributed by atoms with van der Waals surface area (Å²) in [5.41, 5.74) is 3.40. The first-order valence-corrected chi connectivity index (χ1v) is 6.34. The Kier molecular flexibility index (Phi) is 3.33. The number of nitrogens with one attached hydrogen (secondary N) is 1. The molecule has 5 nitrogen and oxygen atoms in total. The van der Waals surface area contributed by atoms with Crippen molar-refractivity contribution in [3.8, 4) is 17.1 Å². The van der Waals surface area contributed by atoms with Crippen molar-refractivity contribution in [2.24, 2.45) is 0 Å². The van der Waals surface area contributed by atoms with Gasteiger partial charge in [-0.2, -0.15) is 0 Å². The van der Waals surface area contributed by atoms with Crippen LogP contribution in [-0.2, 0) is 0 Å². The van der Waals surface area contributed by atoms with Crippen LogP contribution >= 0.6 is 0 Å². The number of rotatable bonds is 3. The summed E-state index contributed by atoms with van der Waals surface area (Å²) in [7, 11) is 1.61. The molecule has 2 N–H and O–H groups in total. The van der Waals surface area contributed by atoms with E-state index in [-0.39, 0.29) is 0 Å². The summed E-state index contributed by atoms with van der Waals surface area (Å²) in [6.45, 7) is 0. The topological polar surface area (TPSA) is 71.7 Å². The number of ether oxygens (including phenoxy) is 1. The second-order valence-electron chi connectivity index (χ2n) is 4.54. The molecule has 0 unspecified atom stereocenters. The van der Waals surface area contributed by atoms with Crippen molar-refractivity contribution in [1.29, 1.82) is 0 Å². The molecule has 1 amide bonds. The number of furan rings is 1. The number of methoxy groups -OCH3 is 1. The lowest BCUT2D eigenvalue weighted by Crippen LogP contribution is -2.18. The van der Waals surface area contributed by atoms with Crippen LogP contribution < -0.4 is 10.2 Å². The minimum atomic E-state index is -0.573. The van der Waals surface area contributed by atoms with Crippen LogP contribution in [0.3, 0.4) is 0 Å². The largest absolute Gasteiger partial charge is 0.497 e. The van der Waals surface area contributed by atoms with Gasteiger partial charge in [0.25, 0.3) is 5.91 Å². The third kappa shape index (κ3) is 2.46. The number of hydroxylamine groups is 1. The molecular weight excluding hydrogens is 270 g/mol. The van der Waals surface area contributed by atoms with Crippen molar-refractivity contribution >= 4 is 16.9 Å². The fourth-order valence-electron chi connectivity index (χ4n) is 2.16. The van der Waals surface area contributed by atoms with E-state index < -0.39 is 5.91 Å². The molecule has 3 aromatic rings. The fourth-order valence-corrected chi connectivity index (χ4v) is 2.16. The number of carbonyl (C=O) groups excluding carboxylic acids is 1. The van der Waals surface area contributed by atoms with Gasteiger partial charge in [-0.25, -0.2) is 5.48 Å². The van der Waals surface area contributed by atoms with Crippen molar-refractivity contribution in [3.63, 3.8) is 0 Å². The van der Waals surface area contributed by atoms with Gasteiger partial charge in [-0.3, -0.25) is 10.0 Å². The lowest BCUT2D eigenvalue weighted by Gasteiger charge is -2.01. The first kappa shape index (κ1) is 13.2. The van der Waals surface area contributed by atoms with Crippen molar-refractivity contribution in [3.05, 3.63) is 54.1 Å². The average molecular weight is 283 g/mol. The Morgan fingerprint density at radius 2 is 2.05 bits per heavy atom. The summed E-state index contributed by atoms with van der Waals surface area (Å²) in [5, 5.41) is 9.53. The zero-order valence-corrected chi connectivity index (χ0v) is 11.3. The van der Waals surface area contributed by atoms with Crippen LogP contribution in [0.5, 0.6) is 5.75 Å². The highest BCUT2D eigenvalue weighted by Gasteiger charge is 2.10. The Balaban J connectivity index is 2.06. The van der Waals surface area contributed by atoms with Crippen molar-refractivity contribution in [2.75, 3.05) is 7.11 Å². The molecule has 0 radical (unpaired) electrons. The minimum absolute atomic E-state index is 0.330. The summed E-state index contributed by atoms with van der Waals surface area (Å²) in [5.74, 6) is 0.856. The molecule has 1 heterocycles. The summed E-state index contributed by atoms with van der Waals surface area (Å²) in [6, 6.07) is 14.4. The third-order valence-corrected chi connectivity index (χ3v) is 3.24. The number of hydrogen-bond acceptors (Lipinski definition) is 4. The third-order valence-electron chi connectivity index (χ3n) is 3.24. The van der Waals surface area contributed by atoms with Gasteiger partial charge in [0.05, 0.1) is 7.11 Å². The molecule has 0 fully saturated rings. The van der Waals surface area contributed by atoms with E-state index in [0.717, 1.165) is 16.7 Å². The van der Waals surface area contributed by atoms with Gasteiger partial charge >= 0.3 is 0 Å². The van der Waals surface area contributed by atoms with Crippen LogP contribution in [0.25, 0.3) is 22.3 Å². The van der Waals surface area contributed by atoms with Gasteiger partial charge in [0.15, 0.2) is 0 Å². The quantitative estimate of drug-likeness (QED) is 0.572. The van der Waals surface area contributed by atoms with Crippen LogP contribution in [0.15, 0.2) is 52.9 Å². The van der Waals surface area contributed by atoms with E-state index in [1.54, 1.807) is 30.8 Å². The Morgan fingerprint density at radius 3 is 2.81 bits per heavy atom. The number of fused-ring (bicyclic) bond motifs is 1. The Hall–Kier alpha value is -2.79. The molecule has 0 aliphatic heterocycles. The maximum absolute atomic E-state index is 11.4. The van der Waals surface area contributed by atoms with E-state index in [0.29, 0.717) is 16.9 Å². The van der Waals surface area contributed by atoms with Gasteiger partial charge in [0, 0.05) is 16.5 Å². The fraction of sp³-hybridized carbons (Fsp3) is 0.0625. The molecule has 3 rings (SSSR count). The van der Waals surface area contributed by atoms with Crippen LogP contribution in [0.4, 0.5) is 0 Å². The first-order chi connectivity index (χ1) is 10.2. The SMILES string of the molecule is COc1cccc(-c2cc3ccc(C(=O)NO)cc3o2)c1. The van der Waals surface area contributed by atoms with E-state index in [4.69, 9.17) is 14.4 Å². The monoisotopic (exact) mass is 283 g/mol. The molecule has 0 aliphatic carbocycles. The van der Waals surface area contributed by atoms with Crippen LogP contribution in [-0.4, -0.2) is 18.2 Å². The van der Waals surface area contributed by atoms with Gasteiger partial charge in [-0.05, 0) is 30.3 Å². The lowest BCUT2D eigenvalue weighted by atomic mass is 10.1. The summed E-state index contributed by atoms with van der Waals surface area (Å²) < 4.78 is 11.0. The molecule has 0 spiro atoms. The second kappa shape index (κ2) is 5.30. The van der Waals surface area contributed by atoms with Crippen LogP contribution in [0.2, 0.25) is 0 Å². The summed E-state index contributed by atoms with van der Waals surface area (Å²) in [4.78, 5) is 11.4. The highest BCUT2D eigenvalue weighted by molar-refractivity contribution is 5.97. The molecule has 0 atom stereocenters. The van der Waals surface area contributed by atoms with Gasteiger partial charge in [-0.1, -0.05) is 18.2 Å². The van der Waals surface area contributed by atoms with E-state index in [9.17, 15) is 4.79 Å². The first-order valence-electron chi connectivity index (χ1n) is 6.34. The minimum Gasteiger partial charge on any atom is -0.497 e. The molecule has 0 aliphatic rings. The maximum atomic E-state index is 11.4. The number of hydrogen-bond donors (Lipinski definition) is 2. The summed E-state index contributed by atoms with van der Waals surface area (Å²) >= 11 is 0. The zero-order chi connectivity index (χ0) is 14.8. The Morgan fingerprint density at radius 1 is 1.19 bits per heavy atom. The molecule has 106 valence electrons. The molecule has 0 bridgehead atoms. The number of amides is 1. The average Bonchev–Trinajstić information content (AvgIpc) is 2.97. The van der Waals surface area contributed by atoms with E-state index in [1.165, 1.54) is 0 Å². The van der Waals surface area contributed by atoms with E-state index in [2.05, 4.69) is 0 Å².